The minimum atomic E-state index is -4.42. The van der Waals surface area contributed by atoms with Crippen LogP contribution in [0.15, 0.2) is 22.7 Å². The summed E-state index contributed by atoms with van der Waals surface area (Å²) >= 11 is 3.19. The van der Waals surface area contributed by atoms with E-state index >= 15 is 0 Å². The number of ether oxygens (including phenoxy) is 1. The molecule has 0 aliphatic heterocycles. The predicted octanol–water partition coefficient (Wildman–Crippen LogP) is 3.09. The first-order chi connectivity index (χ1) is 8.24. The van der Waals surface area contributed by atoms with Crippen LogP contribution in [0.4, 0.5) is 13.2 Å². The Balaban J connectivity index is 2.96. The standard InChI is InChI=1S/C11H11BrF3NO2/c1-16(6-11(13,14)15)10(17)8-4-3-7(12)5-9(8)18-2/h3-5H,6H2,1-2H3. The molecular formula is C11H11BrF3NO2. The van der Waals surface area contributed by atoms with E-state index in [9.17, 15) is 18.0 Å². The van der Waals surface area contributed by atoms with E-state index in [2.05, 4.69) is 15.9 Å². The lowest BCUT2D eigenvalue weighted by Gasteiger charge is -2.20. The third-order valence-corrected chi connectivity index (χ3v) is 2.65. The number of alkyl halides is 3. The third-order valence-electron chi connectivity index (χ3n) is 2.16. The van der Waals surface area contributed by atoms with E-state index in [1.54, 1.807) is 6.07 Å². The average molecular weight is 326 g/mol. The first kappa shape index (κ1) is 14.8. The number of nitrogens with zero attached hydrogens (tertiary/aromatic N) is 1. The zero-order chi connectivity index (χ0) is 13.9. The van der Waals surface area contributed by atoms with Gasteiger partial charge in [-0.15, -0.1) is 0 Å². The second-order valence-corrected chi connectivity index (χ2v) is 4.54. The summed E-state index contributed by atoms with van der Waals surface area (Å²) in [5.41, 5.74) is 0.0902. The van der Waals surface area contributed by atoms with Crippen molar-refractivity contribution in [3.05, 3.63) is 28.2 Å². The summed E-state index contributed by atoms with van der Waals surface area (Å²) in [5, 5.41) is 0. The Kier molecular flexibility index (Phi) is 4.61. The van der Waals surface area contributed by atoms with E-state index in [0.29, 0.717) is 9.37 Å². The number of benzene rings is 1. The zero-order valence-corrected chi connectivity index (χ0v) is 11.3. The van der Waals surface area contributed by atoms with Crippen molar-refractivity contribution in [1.29, 1.82) is 0 Å². The highest BCUT2D eigenvalue weighted by Crippen LogP contribution is 2.25. The minimum absolute atomic E-state index is 0.0902. The second-order valence-electron chi connectivity index (χ2n) is 3.62. The normalized spacial score (nSPS) is 11.2. The maximum Gasteiger partial charge on any atom is 0.406 e. The summed E-state index contributed by atoms with van der Waals surface area (Å²) in [5.74, 6) is -0.514. The largest absolute Gasteiger partial charge is 0.496 e. The minimum Gasteiger partial charge on any atom is -0.496 e. The van der Waals surface area contributed by atoms with Crippen molar-refractivity contribution in [3.8, 4) is 5.75 Å². The highest BCUT2D eigenvalue weighted by Gasteiger charge is 2.32. The van der Waals surface area contributed by atoms with Crippen LogP contribution >= 0.6 is 15.9 Å². The molecule has 100 valence electrons. The quantitative estimate of drug-likeness (QED) is 0.854. The lowest BCUT2D eigenvalue weighted by Crippen LogP contribution is -2.35. The van der Waals surface area contributed by atoms with Crippen molar-refractivity contribution in [1.82, 2.24) is 4.90 Å². The molecule has 0 aliphatic rings. The molecule has 1 amide bonds. The number of rotatable bonds is 3. The molecule has 1 aromatic rings. The zero-order valence-electron chi connectivity index (χ0n) is 9.71. The van der Waals surface area contributed by atoms with Crippen LogP contribution in [0.2, 0.25) is 0 Å². The molecule has 0 aliphatic carbocycles. The Morgan fingerprint density at radius 3 is 2.56 bits per heavy atom. The number of hydrogen-bond acceptors (Lipinski definition) is 2. The maximum absolute atomic E-state index is 12.2. The van der Waals surface area contributed by atoms with Crippen LogP contribution in [-0.2, 0) is 0 Å². The molecule has 0 bridgehead atoms. The van der Waals surface area contributed by atoms with Crippen LogP contribution in [0.1, 0.15) is 10.4 Å². The van der Waals surface area contributed by atoms with E-state index < -0.39 is 18.6 Å². The molecule has 0 aromatic heterocycles. The Labute approximate surface area is 111 Å². The SMILES string of the molecule is COc1cc(Br)ccc1C(=O)N(C)CC(F)(F)F. The van der Waals surface area contributed by atoms with Crippen molar-refractivity contribution in [2.45, 2.75) is 6.18 Å². The fourth-order valence-electron chi connectivity index (χ4n) is 1.39. The van der Waals surface area contributed by atoms with Gasteiger partial charge in [-0.2, -0.15) is 13.2 Å². The monoisotopic (exact) mass is 325 g/mol. The molecule has 18 heavy (non-hydrogen) atoms. The summed E-state index contributed by atoms with van der Waals surface area (Å²) in [7, 11) is 2.44. The van der Waals surface area contributed by atoms with Crippen molar-refractivity contribution < 1.29 is 22.7 Å². The van der Waals surface area contributed by atoms with E-state index in [1.807, 2.05) is 0 Å². The first-order valence-corrected chi connectivity index (χ1v) is 5.69. The summed E-state index contributed by atoms with van der Waals surface area (Å²) in [6, 6.07) is 4.50. The number of carbonyl (C=O) groups excluding carboxylic acids is 1. The van der Waals surface area contributed by atoms with Crippen molar-refractivity contribution in [2.24, 2.45) is 0 Å². The van der Waals surface area contributed by atoms with Crippen LogP contribution in [0.3, 0.4) is 0 Å². The summed E-state index contributed by atoms with van der Waals surface area (Å²) in [6.07, 6.45) is -4.42. The summed E-state index contributed by atoms with van der Waals surface area (Å²) in [4.78, 5) is 12.4. The van der Waals surface area contributed by atoms with E-state index in [0.717, 1.165) is 7.05 Å². The van der Waals surface area contributed by atoms with Crippen LogP contribution in [0.25, 0.3) is 0 Å². The first-order valence-electron chi connectivity index (χ1n) is 4.90. The summed E-state index contributed by atoms with van der Waals surface area (Å²) in [6.45, 7) is -1.30. The average Bonchev–Trinajstić information content (AvgIpc) is 2.25. The molecule has 0 unspecified atom stereocenters. The van der Waals surface area contributed by atoms with Crippen LogP contribution in [0, 0.1) is 0 Å². The van der Waals surface area contributed by atoms with Gasteiger partial charge in [-0.25, -0.2) is 0 Å². The van der Waals surface area contributed by atoms with Crippen LogP contribution < -0.4 is 4.74 Å². The Morgan fingerprint density at radius 1 is 1.44 bits per heavy atom. The second kappa shape index (κ2) is 5.60. The van der Waals surface area contributed by atoms with Gasteiger partial charge in [0.15, 0.2) is 0 Å². The van der Waals surface area contributed by atoms with Gasteiger partial charge in [0, 0.05) is 11.5 Å². The van der Waals surface area contributed by atoms with Gasteiger partial charge in [-0.05, 0) is 18.2 Å². The molecule has 0 spiro atoms. The smallest absolute Gasteiger partial charge is 0.406 e. The van der Waals surface area contributed by atoms with Gasteiger partial charge in [0.2, 0.25) is 0 Å². The molecule has 0 saturated carbocycles. The number of amides is 1. The molecule has 1 rings (SSSR count). The van der Waals surface area contributed by atoms with Gasteiger partial charge in [0.1, 0.15) is 12.3 Å². The van der Waals surface area contributed by atoms with Gasteiger partial charge in [-0.3, -0.25) is 4.79 Å². The van der Waals surface area contributed by atoms with Gasteiger partial charge >= 0.3 is 6.18 Å². The van der Waals surface area contributed by atoms with E-state index in [4.69, 9.17) is 4.74 Å². The lowest BCUT2D eigenvalue weighted by molar-refractivity contribution is -0.138. The van der Waals surface area contributed by atoms with Gasteiger partial charge in [-0.1, -0.05) is 15.9 Å². The number of carbonyl (C=O) groups is 1. The van der Waals surface area contributed by atoms with Crippen LogP contribution in [-0.4, -0.2) is 37.7 Å². The third kappa shape index (κ3) is 3.90. The highest BCUT2D eigenvalue weighted by molar-refractivity contribution is 9.10. The highest BCUT2D eigenvalue weighted by atomic mass is 79.9. The number of methoxy groups -OCH3 is 1. The van der Waals surface area contributed by atoms with Crippen molar-refractivity contribution in [2.75, 3.05) is 20.7 Å². The van der Waals surface area contributed by atoms with Crippen molar-refractivity contribution in [3.63, 3.8) is 0 Å². The number of hydrogen-bond donors (Lipinski definition) is 0. The molecule has 1 aromatic carbocycles. The molecule has 0 heterocycles. The van der Waals surface area contributed by atoms with E-state index in [1.165, 1.54) is 19.2 Å². The predicted molar refractivity (Wildman–Crippen MR) is 63.7 cm³/mol. The Hall–Kier alpha value is -1.24. The van der Waals surface area contributed by atoms with Crippen LogP contribution in [0.5, 0.6) is 5.75 Å². The Morgan fingerprint density at radius 2 is 2.06 bits per heavy atom. The van der Waals surface area contributed by atoms with Gasteiger partial charge < -0.3 is 9.64 Å². The molecule has 0 saturated heterocycles. The fraction of sp³-hybridized carbons (Fsp3) is 0.364. The topological polar surface area (TPSA) is 29.5 Å². The summed E-state index contributed by atoms with van der Waals surface area (Å²) < 4.78 is 42.2. The van der Waals surface area contributed by atoms with Crippen molar-refractivity contribution >= 4 is 21.8 Å². The molecule has 0 atom stereocenters. The molecule has 3 nitrogen and oxygen atoms in total. The molecule has 0 radical (unpaired) electrons. The van der Waals surface area contributed by atoms with E-state index in [-0.39, 0.29) is 11.3 Å². The Bertz CT molecular complexity index is 448. The lowest BCUT2D eigenvalue weighted by atomic mass is 10.2. The van der Waals surface area contributed by atoms with Gasteiger partial charge in [0.05, 0.1) is 12.7 Å². The van der Waals surface area contributed by atoms with Gasteiger partial charge in [0.25, 0.3) is 5.91 Å². The molecular weight excluding hydrogens is 315 g/mol. The fourth-order valence-corrected chi connectivity index (χ4v) is 1.73. The molecule has 0 N–H and O–H groups in total. The molecule has 7 heteroatoms. The maximum atomic E-state index is 12.2. The molecule has 0 fully saturated rings. The number of halogens is 4.